The molecule has 0 spiro atoms. The van der Waals surface area contributed by atoms with Crippen molar-refractivity contribution >= 4 is 11.8 Å². The van der Waals surface area contributed by atoms with E-state index in [2.05, 4.69) is 34.6 Å². The molecule has 1 saturated heterocycles. The molecule has 4 heteroatoms. The first-order chi connectivity index (χ1) is 15.7. The summed E-state index contributed by atoms with van der Waals surface area (Å²) in [6.45, 7) is 11.4. The number of ketones is 1. The summed E-state index contributed by atoms with van der Waals surface area (Å²) in [6, 6.07) is 0. The van der Waals surface area contributed by atoms with Gasteiger partial charge >= 0.3 is 5.97 Å². The first kappa shape index (κ1) is 26.7. The van der Waals surface area contributed by atoms with Gasteiger partial charge in [0.25, 0.3) is 0 Å². The van der Waals surface area contributed by atoms with Gasteiger partial charge in [0.1, 0.15) is 11.7 Å². The maximum atomic E-state index is 13.2. The number of carbonyl (C=O) groups is 2. The van der Waals surface area contributed by atoms with Gasteiger partial charge in [0, 0.05) is 18.3 Å². The van der Waals surface area contributed by atoms with E-state index >= 15 is 0 Å². The van der Waals surface area contributed by atoms with E-state index < -0.39 is 5.60 Å². The number of hydrogen-bond donors (Lipinski definition) is 0. The molecule has 3 rings (SSSR count). The first-order valence-electron chi connectivity index (χ1n) is 14.0. The molecule has 0 unspecified atom stereocenters. The maximum absolute atomic E-state index is 13.2. The van der Waals surface area contributed by atoms with E-state index in [1.807, 2.05) is 0 Å². The van der Waals surface area contributed by atoms with Gasteiger partial charge in [-0.05, 0) is 37.0 Å². The molecule has 0 radical (unpaired) electrons. The van der Waals surface area contributed by atoms with E-state index in [1.165, 1.54) is 57.8 Å². The summed E-state index contributed by atoms with van der Waals surface area (Å²) in [6.07, 6.45) is 17.5. The van der Waals surface area contributed by atoms with Crippen molar-refractivity contribution in [1.29, 1.82) is 0 Å². The molecule has 0 aromatic heterocycles. The van der Waals surface area contributed by atoms with Crippen molar-refractivity contribution in [2.45, 2.75) is 143 Å². The molecule has 3 fully saturated rings. The Bertz CT molecular complexity index is 671. The average molecular weight is 463 g/mol. The Labute approximate surface area is 202 Å². The molecule has 5 atom stereocenters. The minimum atomic E-state index is -0.452. The van der Waals surface area contributed by atoms with Crippen molar-refractivity contribution in [2.75, 3.05) is 6.61 Å². The van der Waals surface area contributed by atoms with E-state index in [9.17, 15) is 9.59 Å². The third-order valence-corrected chi connectivity index (χ3v) is 9.24. The predicted molar refractivity (Wildman–Crippen MR) is 133 cm³/mol. The second kappa shape index (κ2) is 11.2. The highest BCUT2D eigenvalue weighted by atomic mass is 16.6. The quantitative estimate of drug-likeness (QED) is 0.153. The lowest BCUT2D eigenvalue weighted by Gasteiger charge is -2.56. The SMILES string of the molecule is CCCCCCCCCCCCCC(=O)OC[C@@H]1[C@@]2(C)CCCC(C)(C)[C@@H]2C(=O)[C@@H]2O[C@]12C. The van der Waals surface area contributed by atoms with E-state index in [0.717, 1.165) is 32.1 Å². The molecule has 0 amide bonds. The van der Waals surface area contributed by atoms with Crippen LogP contribution < -0.4 is 0 Å². The lowest BCUT2D eigenvalue weighted by molar-refractivity contribution is -0.158. The van der Waals surface area contributed by atoms with E-state index in [0.29, 0.717) is 13.0 Å². The van der Waals surface area contributed by atoms with Gasteiger partial charge < -0.3 is 9.47 Å². The first-order valence-corrected chi connectivity index (χ1v) is 14.0. The monoisotopic (exact) mass is 462 g/mol. The molecule has 1 aliphatic heterocycles. The fourth-order valence-corrected chi connectivity index (χ4v) is 7.36. The van der Waals surface area contributed by atoms with Gasteiger partial charge in [-0.15, -0.1) is 0 Å². The van der Waals surface area contributed by atoms with Gasteiger partial charge in [0.05, 0.1) is 6.61 Å². The van der Waals surface area contributed by atoms with E-state index in [4.69, 9.17) is 9.47 Å². The van der Waals surface area contributed by atoms with Gasteiger partial charge in [-0.2, -0.15) is 0 Å². The van der Waals surface area contributed by atoms with Crippen LogP contribution in [-0.2, 0) is 19.1 Å². The lowest BCUT2D eigenvalue weighted by atomic mass is 9.46. The number of unbranched alkanes of at least 4 members (excludes halogenated alkanes) is 10. The lowest BCUT2D eigenvalue weighted by Crippen LogP contribution is -2.60. The third-order valence-electron chi connectivity index (χ3n) is 9.24. The Balaban J connectivity index is 1.36. The van der Waals surface area contributed by atoms with Crippen LogP contribution in [0.4, 0.5) is 0 Å². The summed E-state index contributed by atoms with van der Waals surface area (Å²) >= 11 is 0. The highest BCUT2D eigenvalue weighted by Crippen LogP contribution is 2.66. The van der Waals surface area contributed by atoms with Gasteiger partial charge in [0.2, 0.25) is 0 Å². The van der Waals surface area contributed by atoms with Gasteiger partial charge in [-0.25, -0.2) is 0 Å². The molecule has 2 aliphatic carbocycles. The number of epoxide rings is 1. The molecule has 0 bridgehead atoms. The van der Waals surface area contributed by atoms with E-state index in [1.54, 1.807) is 0 Å². The van der Waals surface area contributed by atoms with Crippen LogP contribution in [0.1, 0.15) is 131 Å². The Kier molecular flexibility index (Phi) is 9.08. The summed E-state index contributed by atoms with van der Waals surface area (Å²) in [7, 11) is 0. The summed E-state index contributed by atoms with van der Waals surface area (Å²) < 4.78 is 11.8. The largest absolute Gasteiger partial charge is 0.465 e. The number of carbonyl (C=O) groups excluding carboxylic acids is 2. The molecule has 2 saturated carbocycles. The van der Waals surface area contributed by atoms with Crippen molar-refractivity contribution < 1.29 is 19.1 Å². The highest BCUT2D eigenvalue weighted by Gasteiger charge is 2.74. The van der Waals surface area contributed by atoms with Gasteiger partial charge in [-0.1, -0.05) is 98.3 Å². The molecule has 1 heterocycles. The van der Waals surface area contributed by atoms with Gasteiger partial charge in [-0.3, -0.25) is 9.59 Å². The number of Topliss-reactive ketones (excluding diaryl/α,β-unsaturated/α-hetero) is 1. The van der Waals surface area contributed by atoms with Crippen molar-refractivity contribution in [1.82, 2.24) is 0 Å². The Morgan fingerprint density at radius 3 is 2.09 bits per heavy atom. The molecule has 3 aliphatic rings. The van der Waals surface area contributed by atoms with Crippen LogP contribution in [0.25, 0.3) is 0 Å². The molecular weight excluding hydrogens is 412 g/mol. The fraction of sp³-hybridized carbons (Fsp3) is 0.931. The molecule has 4 nitrogen and oxygen atoms in total. The summed E-state index contributed by atoms with van der Waals surface area (Å²) in [5.74, 6) is 0.292. The Morgan fingerprint density at radius 1 is 0.909 bits per heavy atom. The second-order valence-electron chi connectivity index (χ2n) is 12.4. The van der Waals surface area contributed by atoms with Crippen LogP contribution in [0.2, 0.25) is 0 Å². The van der Waals surface area contributed by atoms with Crippen molar-refractivity contribution in [3.63, 3.8) is 0 Å². The predicted octanol–water partition coefficient (Wildman–Crippen LogP) is 7.42. The number of ether oxygens (including phenoxy) is 2. The Hall–Kier alpha value is -0.900. The van der Waals surface area contributed by atoms with Crippen LogP contribution in [0.15, 0.2) is 0 Å². The molecule has 0 aromatic rings. The van der Waals surface area contributed by atoms with Crippen LogP contribution in [0, 0.1) is 22.7 Å². The molecule has 190 valence electrons. The van der Waals surface area contributed by atoms with Crippen LogP contribution >= 0.6 is 0 Å². The normalized spacial score (nSPS) is 34.5. The molecule has 33 heavy (non-hydrogen) atoms. The topological polar surface area (TPSA) is 55.9 Å². The fourth-order valence-electron chi connectivity index (χ4n) is 7.36. The Morgan fingerprint density at radius 2 is 1.48 bits per heavy atom. The minimum Gasteiger partial charge on any atom is -0.465 e. The molecular formula is C29H50O4. The third kappa shape index (κ3) is 6.03. The number of esters is 1. The highest BCUT2D eigenvalue weighted by molar-refractivity contribution is 5.92. The summed E-state index contributed by atoms with van der Waals surface area (Å²) in [5, 5.41) is 0. The van der Waals surface area contributed by atoms with Crippen molar-refractivity contribution in [3.05, 3.63) is 0 Å². The number of fused-ring (bicyclic) bond motifs is 2. The second-order valence-corrected chi connectivity index (χ2v) is 12.4. The molecule has 0 N–H and O–H groups in total. The number of rotatable bonds is 14. The zero-order valence-electron chi connectivity index (χ0n) is 22.2. The summed E-state index contributed by atoms with van der Waals surface area (Å²) in [4.78, 5) is 25.7. The minimum absolute atomic E-state index is 0.00493. The average Bonchev–Trinajstić information content (AvgIpc) is 3.43. The van der Waals surface area contributed by atoms with Crippen molar-refractivity contribution in [3.8, 4) is 0 Å². The van der Waals surface area contributed by atoms with Crippen molar-refractivity contribution in [2.24, 2.45) is 22.7 Å². The smallest absolute Gasteiger partial charge is 0.305 e. The molecule has 0 aromatic carbocycles. The zero-order valence-corrected chi connectivity index (χ0v) is 22.2. The summed E-state index contributed by atoms with van der Waals surface area (Å²) in [5.41, 5.74) is -0.626. The standard InChI is InChI=1S/C29H50O4/c1-6-7-8-9-10-11-12-13-14-15-16-18-23(30)32-21-22-28(4)20-17-19-27(2,3)25(28)24(31)26-29(22,5)33-26/h22,25-26H,6-21H2,1-5H3/t22-,25+,26+,28-,29-/m1/s1. The van der Waals surface area contributed by atoms with Crippen LogP contribution in [-0.4, -0.2) is 30.1 Å². The maximum Gasteiger partial charge on any atom is 0.305 e. The number of hydrogen-bond acceptors (Lipinski definition) is 4. The van der Waals surface area contributed by atoms with E-state index in [-0.39, 0.29) is 40.5 Å². The van der Waals surface area contributed by atoms with Crippen LogP contribution in [0.5, 0.6) is 0 Å². The van der Waals surface area contributed by atoms with Crippen LogP contribution in [0.3, 0.4) is 0 Å². The van der Waals surface area contributed by atoms with Gasteiger partial charge in [0.15, 0.2) is 5.78 Å². The zero-order chi connectivity index (χ0) is 24.1.